The molecule has 0 spiro atoms. The van der Waals surface area contributed by atoms with E-state index < -0.39 is 0 Å². The van der Waals surface area contributed by atoms with Crippen LogP contribution in [-0.2, 0) is 9.53 Å². The number of carbonyl (C=O) groups is 1. The standard InChI is InChI=1S/C13H27NO2/c1-6-7-8-12(13(15)16-5)14(4)10-9-11(2)3/h11-12H,6-10H2,1-5H3. The number of hydrogen-bond donors (Lipinski definition) is 0. The molecule has 0 aliphatic carbocycles. The second-order valence-corrected chi connectivity index (χ2v) is 4.84. The summed E-state index contributed by atoms with van der Waals surface area (Å²) in [7, 11) is 3.48. The Hall–Kier alpha value is -0.570. The highest BCUT2D eigenvalue weighted by Crippen LogP contribution is 2.11. The van der Waals surface area contributed by atoms with Gasteiger partial charge in [0.05, 0.1) is 7.11 Å². The fraction of sp³-hybridized carbons (Fsp3) is 0.923. The largest absolute Gasteiger partial charge is 0.468 e. The van der Waals surface area contributed by atoms with Gasteiger partial charge in [-0.15, -0.1) is 0 Å². The van der Waals surface area contributed by atoms with E-state index in [-0.39, 0.29) is 12.0 Å². The molecule has 3 heteroatoms. The van der Waals surface area contributed by atoms with Crippen LogP contribution in [0.15, 0.2) is 0 Å². The van der Waals surface area contributed by atoms with Crippen molar-refractivity contribution in [2.75, 3.05) is 20.7 Å². The van der Waals surface area contributed by atoms with Gasteiger partial charge in [0.15, 0.2) is 0 Å². The van der Waals surface area contributed by atoms with Gasteiger partial charge in [0.25, 0.3) is 0 Å². The Morgan fingerprint density at radius 1 is 1.31 bits per heavy atom. The fourth-order valence-corrected chi connectivity index (χ4v) is 1.67. The zero-order valence-corrected chi connectivity index (χ0v) is 11.5. The summed E-state index contributed by atoms with van der Waals surface area (Å²) in [6.45, 7) is 7.50. The Bertz CT molecular complexity index is 192. The van der Waals surface area contributed by atoms with E-state index in [1.807, 2.05) is 7.05 Å². The van der Waals surface area contributed by atoms with Crippen molar-refractivity contribution in [3.8, 4) is 0 Å². The van der Waals surface area contributed by atoms with Crippen LogP contribution in [0.1, 0.15) is 46.5 Å². The molecule has 96 valence electrons. The van der Waals surface area contributed by atoms with Gasteiger partial charge < -0.3 is 4.74 Å². The van der Waals surface area contributed by atoms with E-state index in [9.17, 15) is 4.79 Å². The second kappa shape index (κ2) is 8.57. The van der Waals surface area contributed by atoms with Crippen molar-refractivity contribution in [2.24, 2.45) is 5.92 Å². The first-order valence-electron chi connectivity index (χ1n) is 6.31. The maximum Gasteiger partial charge on any atom is 0.323 e. The average Bonchev–Trinajstić information content (AvgIpc) is 2.26. The van der Waals surface area contributed by atoms with E-state index in [2.05, 4.69) is 25.7 Å². The Morgan fingerprint density at radius 3 is 2.38 bits per heavy atom. The predicted octanol–water partition coefficient (Wildman–Crippen LogP) is 2.70. The number of nitrogens with zero attached hydrogens (tertiary/aromatic N) is 1. The number of unbranched alkanes of at least 4 members (excludes halogenated alkanes) is 1. The molecule has 0 aliphatic heterocycles. The lowest BCUT2D eigenvalue weighted by molar-refractivity contribution is -0.146. The van der Waals surface area contributed by atoms with Crippen molar-refractivity contribution in [3.63, 3.8) is 0 Å². The highest BCUT2D eigenvalue weighted by Gasteiger charge is 2.22. The molecule has 0 heterocycles. The molecule has 0 radical (unpaired) electrons. The molecule has 0 aromatic rings. The molecule has 1 atom stereocenters. The van der Waals surface area contributed by atoms with Gasteiger partial charge in [0.2, 0.25) is 0 Å². The van der Waals surface area contributed by atoms with Gasteiger partial charge in [0, 0.05) is 0 Å². The monoisotopic (exact) mass is 229 g/mol. The van der Waals surface area contributed by atoms with Crippen LogP contribution in [-0.4, -0.2) is 37.6 Å². The summed E-state index contributed by atoms with van der Waals surface area (Å²) in [5, 5.41) is 0. The maximum atomic E-state index is 11.6. The number of methoxy groups -OCH3 is 1. The van der Waals surface area contributed by atoms with E-state index in [4.69, 9.17) is 4.74 Å². The predicted molar refractivity (Wildman–Crippen MR) is 67.4 cm³/mol. The number of esters is 1. The first-order chi connectivity index (χ1) is 7.52. The molecular weight excluding hydrogens is 202 g/mol. The summed E-state index contributed by atoms with van der Waals surface area (Å²) in [5.41, 5.74) is 0. The lowest BCUT2D eigenvalue weighted by Gasteiger charge is -2.26. The molecule has 0 fully saturated rings. The molecule has 0 rings (SSSR count). The van der Waals surface area contributed by atoms with Crippen molar-refractivity contribution in [3.05, 3.63) is 0 Å². The molecule has 0 aromatic heterocycles. The van der Waals surface area contributed by atoms with E-state index in [1.54, 1.807) is 0 Å². The molecule has 3 nitrogen and oxygen atoms in total. The van der Waals surface area contributed by atoms with Crippen LogP contribution in [0.3, 0.4) is 0 Å². The zero-order valence-electron chi connectivity index (χ0n) is 11.5. The molecule has 1 unspecified atom stereocenters. The number of likely N-dealkylation sites (N-methyl/N-ethyl adjacent to an activating group) is 1. The van der Waals surface area contributed by atoms with Crippen molar-refractivity contribution >= 4 is 5.97 Å². The molecule has 0 aliphatic rings. The third-order valence-electron chi connectivity index (χ3n) is 2.90. The van der Waals surface area contributed by atoms with Crippen LogP contribution in [0.5, 0.6) is 0 Å². The smallest absolute Gasteiger partial charge is 0.323 e. The summed E-state index contributed by atoms with van der Waals surface area (Å²) in [5.74, 6) is 0.576. The minimum absolute atomic E-state index is 0.0660. The Morgan fingerprint density at radius 2 is 1.94 bits per heavy atom. The summed E-state index contributed by atoms with van der Waals surface area (Å²) < 4.78 is 4.86. The first kappa shape index (κ1) is 15.4. The average molecular weight is 229 g/mol. The third-order valence-corrected chi connectivity index (χ3v) is 2.90. The number of hydrogen-bond acceptors (Lipinski definition) is 3. The molecule has 0 bridgehead atoms. The SMILES string of the molecule is CCCCC(C(=O)OC)N(C)CCC(C)C. The highest BCUT2D eigenvalue weighted by molar-refractivity contribution is 5.75. The molecular formula is C13H27NO2. The van der Waals surface area contributed by atoms with Gasteiger partial charge in [-0.05, 0) is 32.4 Å². The van der Waals surface area contributed by atoms with E-state index >= 15 is 0 Å². The Balaban J connectivity index is 4.20. The van der Waals surface area contributed by atoms with E-state index in [0.717, 1.165) is 32.2 Å². The lowest BCUT2D eigenvalue weighted by atomic mass is 10.1. The second-order valence-electron chi connectivity index (χ2n) is 4.84. The van der Waals surface area contributed by atoms with E-state index in [0.29, 0.717) is 5.92 Å². The van der Waals surface area contributed by atoms with Gasteiger partial charge in [-0.3, -0.25) is 9.69 Å². The topological polar surface area (TPSA) is 29.5 Å². The van der Waals surface area contributed by atoms with Crippen molar-refractivity contribution < 1.29 is 9.53 Å². The lowest BCUT2D eigenvalue weighted by Crippen LogP contribution is -2.40. The summed E-state index contributed by atoms with van der Waals surface area (Å²) in [4.78, 5) is 13.8. The number of carbonyl (C=O) groups excluding carboxylic acids is 1. The quantitative estimate of drug-likeness (QED) is 0.599. The maximum absolute atomic E-state index is 11.6. The summed E-state index contributed by atoms with van der Waals surface area (Å²) >= 11 is 0. The van der Waals surface area contributed by atoms with Gasteiger partial charge in [-0.1, -0.05) is 33.6 Å². The highest BCUT2D eigenvalue weighted by atomic mass is 16.5. The van der Waals surface area contributed by atoms with Crippen LogP contribution in [0.2, 0.25) is 0 Å². The van der Waals surface area contributed by atoms with Crippen LogP contribution in [0.4, 0.5) is 0 Å². The minimum atomic E-state index is -0.0975. The van der Waals surface area contributed by atoms with Crippen LogP contribution in [0.25, 0.3) is 0 Å². The molecule has 0 aromatic carbocycles. The Labute approximate surface area is 100 Å². The molecule has 0 saturated heterocycles. The normalized spacial score (nSPS) is 13.2. The van der Waals surface area contributed by atoms with Gasteiger partial charge in [-0.2, -0.15) is 0 Å². The fourth-order valence-electron chi connectivity index (χ4n) is 1.67. The minimum Gasteiger partial charge on any atom is -0.468 e. The Kier molecular flexibility index (Phi) is 8.26. The number of ether oxygens (including phenoxy) is 1. The van der Waals surface area contributed by atoms with E-state index in [1.165, 1.54) is 7.11 Å². The zero-order chi connectivity index (χ0) is 12.6. The van der Waals surface area contributed by atoms with Crippen LogP contribution < -0.4 is 0 Å². The summed E-state index contributed by atoms with van der Waals surface area (Å²) in [6.07, 6.45) is 4.21. The number of rotatable bonds is 8. The third kappa shape index (κ3) is 6.11. The van der Waals surface area contributed by atoms with Crippen LogP contribution in [0, 0.1) is 5.92 Å². The molecule has 0 amide bonds. The molecule has 0 N–H and O–H groups in total. The molecule has 16 heavy (non-hydrogen) atoms. The van der Waals surface area contributed by atoms with Crippen molar-refractivity contribution in [1.82, 2.24) is 4.90 Å². The van der Waals surface area contributed by atoms with Gasteiger partial charge in [0.1, 0.15) is 6.04 Å². The van der Waals surface area contributed by atoms with Crippen LogP contribution >= 0.6 is 0 Å². The molecule has 0 saturated carbocycles. The first-order valence-corrected chi connectivity index (χ1v) is 6.31. The van der Waals surface area contributed by atoms with Gasteiger partial charge >= 0.3 is 5.97 Å². The van der Waals surface area contributed by atoms with Gasteiger partial charge in [-0.25, -0.2) is 0 Å². The van der Waals surface area contributed by atoms with Crippen molar-refractivity contribution in [2.45, 2.75) is 52.5 Å². The van der Waals surface area contributed by atoms with Crippen molar-refractivity contribution in [1.29, 1.82) is 0 Å². The summed E-state index contributed by atoms with van der Waals surface area (Å²) in [6, 6.07) is -0.0660.